The number of hydrogen-bond donors (Lipinski definition) is 1. The van der Waals surface area contributed by atoms with Crippen molar-refractivity contribution in [3.05, 3.63) is 0 Å². The van der Waals surface area contributed by atoms with Gasteiger partial charge in [-0.15, -0.1) is 0 Å². The Morgan fingerprint density at radius 2 is 1.57 bits per heavy atom. The van der Waals surface area contributed by atoms with Gasteiger partial charge in [-0.05, 0) is 33.2 Å². The molecule has 0 heterocycles. The lowest BCUT2D eigenvalue weighted by atomic mass is 9.99. The van der Waals surface area contributed by atoms with Crippen LogP contribution < -0.4 is 5.32 Å². The van der Waals surface area contributed by atoms with Crippen molar-refractivity contribution in [2.45, 2.75) is 71.8 Å². The summed E-state index contributed by atoms with van der Waals surface area (Å²) in [7, 11) is 0. The molecule has 88 valence electrons. The van der Waals surface area contributed by atoms with Crippen molar-refractivity contribution in [3.63, 3.8) is 0 Å². The van der Waals surface area contributed by atoms with Gasteiger partial charge in [0.05, 0.1) is 0 Å². The molecule has 0 aromatic heterocycles. The normalized spacial score (nSPS) is 11.1. The van der Waals surface area contributed by atoms with Crippen LogP contribution in [0.4, 0.5) is 0 Å². The summed E-state index contributed by atoms with van der Waals surface area (Å²) in [5, 5.41) is 3.62. The van der Waals surface area contributed by atoms with E-state index in [1.165, 1.54) is 45.1 Å². The molecule has 2 nitrogen and oxygen atoms in total. The smallest absolute Gasteiger partial charge is 0.0125 e. The SMILES string of the molecule is CCCCCCNC(C)(C)CCC.O. The zero-order valence-corrected chi connectivity index (χ0v) is 10.4. The first-order valence-electron chi connectivity index (χ1n) is 5.87. The van der Waals surface area contributed by atoms with E-state index in [2.05, 4.69) is 33.0 Å². The molecule has 3 N–H and O–H groups in total. The van der Waals surface area contributed by atoms with Crippen LogP contribution in [0.2, 0.25) is 0 Å². The van der Waals surface area contributed by atoms with Gasteiger partial charge in [0, 0.05) is 5.54 Å². The third kappa shape index (κ3) is 10.0. The van der Waals surface area contributed by atoms with Gasteiger partial charge in [-0.2, -0.15) is 0 Å². The van der Waals surface area contributed by atoms with E-state index in [0.29, 0.717) is 5.54 Å². The molecule has 0 aliphatic carbocycles. The molecule has 0 spiro atoms. The van der Waals surface area contributed by atoms with Gasteiger partial charge in [0.15, 0.2) is 0 Å². The highest BCUT2D eigenvalue weighted by Crippen LogP contribution is 2.10. The Bertz CT molecular complexity index is 113. The van der Waals surface area contributed by atoms with Crippen molar-refractivity contribution in [2.24, 2.45) is 0 Å². The topological polar surface area (TPSA) is 43.5 Å². The zero-order chi connectivity index (χ0) is 10.2. The highest BCUT2D eigenvalue weighted by Gasteiger charge is 2.13. The van der Waals surface area contributed by atoms with Crippen molar-refractivity contribution < 1.29 is 5.48 Å². The average molecular weight is 203 g/mol. The fourth-order valence-electron chi connectivity index (χ4n) is 1.69. The van der Waals surface area contributed by atoms with Gasteiger partial charge in [-0.3, -0.25) is 0 Å². The molecule has 0 radical (unpaired) electrons. The maximum Gasteiger partial charge on any atom is 0.0125 e. The Labute approximate surface area is 89.8 Å². The minimum atomic E-state index is 0. The van der Waals surface area contributed by atoms with Crippen molar-refractivity contribution in [1.29, 1.82) is 0 Å². The number of unbranched alkanes of at least 4 members (excludes halogenated alkanes) is 3. The van der Waals surface area contributed by atoms with Crippen LogP contribution in [0.1, 0.15) is 66.2 Å². The predicted molar refractivity (Wildman–Crippen MR) is 64.7 cm³/mol. The molecule has 0 fully saturated rings. The second-order valence-electron chi connectivity index (χ2n) is 4.62. The van der Waals surface area contributed by atoms with Crippen molar-refractivity contribution in [2.75, 3.05) is 6.54 Å². The molecule has 0 unspecified atom stereocenters. The van der Waals surface area contributed by atoms with Gasteiger partial charge in [0.2, 0.25) is 0 Å². The lowest BCUT2D eigenvalue weighted by molar-refractivity contribution is 0.354. The van der Waals surface area contributed by atoms with Gasteiger partial charge in [0.25, 0.3) is 0 Å². The fourth-order valence-corrected chi connectivity index (χ4v) is 1.69. The van der Waals surface area contributed by atoms with Crippen LogP contribution in [0, 0.1) is 0 Å². The van der Waals surface area contributed by atoms with Crippen LogP contribution in [0.25, 0.3) is 0 Å². The Kier molecular flexibility index (Phi) is 11.1. The highest BCUT2D eigenvalue weighted by molar-refractivity contribution is 4.76. The molecule has 0 rings (SSSR count). The van der Waals surface area contributed by atoms with Gasteiger partial charge in [-0.25, -0.2) is 0 Å². The van der Waals surface area contributed by atoms with E-state index < -0.39 is 0 Å². The third-order valence-electron chi connectivity index (χ3n) is 2.51. The number of rotatable bonds is 8. The predicted octanol–water partition coefficient (Wildman–Crippen LogP) is 2.91. The molecule has 0 aliphatic heterocycles. The summed E-state index contributed by atoms with van der Waals surface area (Å²) >= 11 is 0. The first-order chi connectivity index (χ1) is 6.12. The van der Waals surface area contributed by atoms with Crippen LogP contribution >= 0.6 is 0 Å². The molecular formula is C12H29NO. The second-order valence-corrected chi connectivity index (χ2v) is 4.62. The van der Waals surface area contributed by atoms with Gasteiger partial charge in [-0.1, -0.05) is 39.5 Å². The Balaban J connectivity index is 0. The molecule has 2 heteroatoms. The van der Waals surface area contributed by atoms with Gasteiger partial charge < -0.3 is 10.8 Å². The van der Waals surface area contributed by atoms with E-state index in [0.717, 1.165) is 0 Å². The highest BCUT2D eigenvalue weighted by atomic mass is 16.0. The fraction of sp³-hybridized carbons (Fsp3) is 1.00. The molecule has 0 amide bonds. The van der Waals surface area contributed by atoms with Crippen LogP contribution in [0.3, 0.4) is 0 Å². The maximum atomic E-state index is 3.62. The van der Waals surface area contributed by atoms with Crippen molar-refractivity contribution in [1.82, 2.24) is 5.32 Å². The van der Waals surface area contributed by atoms with Crippen LogP contribution in [-0.2, 0) is 0 Å². The third-order valence-corrected chi connectivity index (χ3v) is 2.51. The summed E-state index contributed by atoms with van der Waals surface area (Å²) in [4.78, 5) is 0. The van der Waals surface area contributed by atoms with Crippen molar-refractivity contribution >= 4 is 0 Å². The van der Waals surface area contributed by atoms with E-state index >= 15 is 0 Å². The summed E-state index contributed by atoms with van der Waals surface area (Å²) in [6, 6.07) is 0. The largest absolute Gasteiger partial charge is 0.412 e. The summed E-state index contributed by atoms with van der Waals surface area (Å²) < 4.78 is 0. The average Bonchev–Trinajstić information content (AvgIpc) is 2.04. The molecule has 14 heavy (non-hydrogen) atoms. The standard InChI is InChI=1S/C12H27N.H2O/c1-5-7-8-9-11-13-12(3,4)10-6-2;/h13H,5-11H2,1-4H3;1H2. The molecule has 0 aromatic carbocycles. The van der Waals surface area contributed by atoms with Gasteiger partial charge in [0.1, 0.15) is 0 Å². The Morgan fingerprint density at radius 1 is 0.929 bits per heavy atom. The van der Waals surface area contributed by atoms with Crippen molar-refractivity contribution in [3.8, 4) is 0 Å². The minimum absolute atomic E-state index is 0. The second kappa shape index (κ2) is 9.47. The summed E-state index contributed by atoms with van der Waals surface area (Å²) in [6.07, 6.45) is 7.98. The van der Waals surface area contributed by atoms with Crippen LogP contribution in [-0.4, -0.2) is 17.6 Å². The summed E-state index contributed by atoms with van der Waals surface area (Å²) in [5.41, 5.74) is 0.348. The summed E-state index contributed by atoms with van der Waals surface area (Å²) in [6.45, 7) is 10.3. The van der Waals surface area contributed by atoms with Crippen LogP contribution in [0.5, 0.6) is 0 Å². The van der Waals surface area contributed by atoms with E-state index in [-0.39, 0.29) is 5.48 Å². The molecular weight excluding hydrogens is 174 g/mol. The monoisotopic (exact) mass is 203 g/mol. The molecule has 0 atom stereocenters. The van der Waals surface area contributed by atoms with Crippen LogP contribution in [0.15, 0.2) is 0 Å². The zero-order valence-electron chi connectivity index (χ0n) is 10.4. The molecule has 0 bridgehead atoms. The minimum Gasteiger partial charge on any atom is -0.412 e. The molecule has 0 saturated heterocycles. The quantitative estimate of drug-likeness (QED) is 0.606. The lowest BCUT2D eigenvalue weighted by Crippen LogP contribution is -2.39. The maximum absolute atomic E-state index is 3.62. The van der Waals surface area contributed by atoms with E-state index in [1.807, 2.05) is 0 Å². The number of nitrogens with one attached hydrogen (secondary N) is 1. The van der Waals surface area contributed by atoms with E-state index in [4.69, 9.17) is 0 Å². The lowest BCUT2D eigenvalue weighted by Gasteiger charge is -2.25. The molecule has 0 saturated carbocycles. The van der Waals surface area contributed by atoms with E-state index in [9.17, 15) is 0 Å². The molecule has 0 aliphatic rings. The van der Waals surface area contributed by atoms with E-state index in [1.54, 1.807) is 0 Å². The first kappa shape index (κ1) is 16.4. The first-order valence-corrected chi connectivity index (χ1v) is 5.87. The summed E-state index contributed by atoms with van der Waals surface area (Å²) in [5.74, 6) is 0. The van der Waals surface area contributed by atoms with Gasteiger partial charge >= 0.3 is 0 Å². The Morgan fingerprint density at radius 3 is 2.07 bits per heavy atom. The molecule has 0 aromatic rings. The Hall–Kier alpha value is -0.0800. The number of hydrogen-bond acceptors (Lipinski definition) is 1.